The van der Waals surface area contributed by atoms with Gasteiger partial charge in [-0.3, -0.25) is 0 Å². The van der Waals surface area contributed by atoms with Crippen LogP contribution in [-0.2, 0) is 6.54 Å². The molecular formula is C18H27NO2. The van der Waals surface area contributed by atoms with Crippen molar-refractivity contribution in [3.05, 3.63) is 28.8 Å². The Bertz CT molecular complexity index is 473. The molecule has 21 heavy (non-hydrogen) atoms. The average molecular weight is 289 g/mol. The summed E-state index contributed by atoms with van der Waals surface area (Å²) in [6, 6.07) is 5.17. The van der Waals surface area contributed by atoms with Crippen molar-refractivity contribution in [3.63, 3.8) is 0 Å². The third-order valence-corrected chi connectivity index (χ3v) is 4.63. The second-order valence-electron chi connectivity index (χ2n) is 6.72. The van der Waals surface area contributed by atoms with Crippen LogP contribution in [-0.4, -0.2) is 23.4 Å². The van der Waals surface area contributed by atoms with Gasteiger partial charge in [-0.2, -0.15) is 0 Å². The summed E-state index contributed by atoms with van der Waals surface area (Å²) < 4.78 is 6.15. The van der Waals surface area contributed by atoms with Gasteiger partial charge in [-0.05, 0) is 62.6 Å². The van der Waals surface area contributed by atoms with Crippen molar-refractivity contribution in [1.29, 1.82) is 0 Å². The summed E-state index contributed by atoms with van der Waals surface area (Å²) >= 11 is 0. The predicted molar refractivity (Wildman–Crippen MR) is 84.7 cm³/mol. The molecule has 1 aromatic rings. The minimum absolute atomic E-state index is 0.0356. The summed E-state index contributed by atoms with van der Waals surface area (Å²) in [6.07, 6.45) is 6.39. The highest BCUT2D eigenvalue weighted by Crippen LogP contribution is 2.30. The summed E-state index contributed by atoms with van der Waals surface area (Å²) in [5.41, 5.74) is 3.69. The molecule has 3 rings (SSSR count). The Morgan fingerprint density at radius 1 is 1.10 bits per heavy atom. The van der Waals surface area contributed by atoms with Crippen molar-refractivity contribution >= 4 is 0 Å². The highest BCUT2D eigenvalue weighted by atomic mass is 16.5. The van der Waals surface area contributed by atoms with Crippen LogP contribution in [0.2, 0.25) is 0 Å². The molecular weight excluding hydrogens is 262 g/mol. The van der Waals surface area contributed by atoms with Crippen LogP contribution in [0, 0.1) is 13.8 Å². The van der Waals surface area contributed by atoms with E-state index in [9.17, 15) is 5.11 Å². The molecule has 3 nitrogen and oxygen atoms in total. The highest BCUT2D eigenvalue weighted by Gasteiger charge is 2.26. The van der Waals surface area contributed by atoms with Crippen LogP contribution in [0.1, 0.15) is 55.2 Å². The minimum Gasteiger partial charge on any atom is -0.487 e. The van der Waals surface area contributed by atoms with Crippen LogP contribution in [0.15, 0.2) is 12.1 Å². The smallest absolute Gasteiger partial charge is 0.125 e. The Morgan fingerprint density at radius 3 is 2.38 bits per heavy atom. The number of ether oxygens (including phenoxy) is 1. The third-order valence-electron chi connectivity index (χ3n) is 4.63. The molecule has 2 aliphatic rings. The van der Waals surface area contributed by atoms with E-state index < -0.39 is 0 Å². The predicted octanol–water partition coefficient (Wildman–Crippen LogP) is 3.24. The maximum Gasteiger partial charge on any atom is 0.125 e. The molecule has 0 bridgehead atoms. The van der Waals surface area contributed by atoms with Gasteiger partial charge in [-0.15, -0.1) is 0 Å². The second kappa shape index (κ2) is 6.37. The van der Waals surface area contributed by atoms with Crippen molar-refractivity contribution in [3.8, 4) is 5.75 Å². The van der Waals surface area contributed by atoms with Crippen LogP contribution >= 0.6 is 0 Å². The first-order valence-corrected chi connectivity index (χ1v) is 8.31. The van der Waals surface area contributed by atoms with Gasteiger partial charge in [-0.1, -0.05) is 18.6 Å². The number of aliphatic hydroxyl groups is 1. The number of hydrogen-bond donors (Lipinski definition) is 2. The van der Waals surface area contributed by atoms with Gasteiger partial charge in [0.15, 0.2) is 0 Å². The summed E-state index contributed by atoms with van der Waals surface area (Å²) in [7, 11) is 0. The average Bonchev–Trinajstić information content (AvgIpc) is 3.26. The van der Waals surface area contributed by atoms with Crippen molar-refractivity contribution in [2.24, 2.45) is 0 Å². The van der Waals surface area contributed by atoms with E-state index >= 15 is 0 Å². The number of hydrogen-bond acceptors (Lipinski definition) is 3. The Balaban J connectivity index is 1.69. The Labute approximate surface area is 127 Å². The number of aliphatic hydroxyl groups excluding tert-OH is 1. The Hall–Kier alpha value is -1.06. The second-order valence-corrected chi connectivity index (χ2v) is 6.72. The van der Waals surface area contributed by atoms with Gasteiger partial charge in [0.1, 0.15) is 11.9 Å². The fourth-order valence-electron chi connectivity index (χ4n) is 3.24. The Kier molecular flexibility index (Phi) is 4.51. The number of aryl methyl sites for hydroxylation is 2. The van der Waals surface area contributed by atoms with E-state index in [0.717, 1.165) is 44.0 Å². The monoisotopic (exact) mass is 289 g/mol. The minimum atomic E-state index is -0.311. The molecule has 0 spiro atoms. The summed E-state index contributed by atoms with van der Waals surface area (Å²) in [4.78, 5) is 0. The molecule has 2 atom stereocenters. The van der Waals surface area contributed by atoms with Gasteiger partial charge in [0.05, 0.1) is 6.10 Å². The molecule has 1 aromatic carbocycles. The molecule has 2 aliphatic carbocycles. The fourth-order valence-corrected chi connectivity index (χ4v) is 3.24. The SMILES string of the molecule is Cc1cc(CNC2CC2)cc(C)c1OC1CCCCC1O. The van der Waals surface area contributed by atoms with E-state index in [0.29, 0.717) is 0 Å². The molecule has 116 valence electrons. The summed E-state index contributed by atoms with van der Waals surface area (Å²) in [5, 5.41) is 13.6. The quantitative estimate of drug-likeness (QED) is 0.874. The molecule has 2 fully saturated rings. The van der Waals surface area contributed by atoms with E-state index in [2.05, 4.69) is 31.3 Å². The first kappa shape index (κ1) is 14.9. The number of benzene rings is 1. The van der Waals surface area contributed by atoms with Crippen molar-refractivity contribution < 1.29 is 9.84 Å². The summed E-state index contributed by atoms with van der Waals surface area (Å²) in [6.45, 7) is 5.16. The number of nitrogens with one attached hydrogen (secondary N) is 1. The van der Waals surface area contributed by atoms with Gasteiger partial charge in [-0.25, -0.2) is 0 Å². The first-order chi connectivity index (χ1) is 10.1. The highest BCUT2D eigenvalue weighted by molar-refractivity contribution is 5.43. The lowest BCUT2D eigenvalue weighted by Crippen LogP contribution is -2.35. The molecule has 0 saturated heterocycles. The molecule has 2 unspecified atom stereocenters. The van der Waals surface area contributed by atoms with Crippen LogP contribution in [0.25, 0.3) is 0 Å². The molecule has 0 aliphatic heterocycles. The largest absolute Gasteiger partial charge is 0.487 e. The lowest BCUT2D eigenvalue weighted by molar-refractivity contribution is 0.00620. The zero-order valence-electron chi connectivity index (χ0n) is 13.2. The van der Waals surface area contributed by atoms with E-state index in [1.165, 1.54) is 29.5 Å². The first-order valence-electron chi connectivity index (χ1n) is 8.31. The third kappa shape index (κ3) is 3.78. The van der Waals surface area contributed by atoms with Crippen molar-refractivity contribution in [1.82, 2.24) is 5.32 Å². The van der Waals surface area contributed by atoms with Gasteiger partial charge >= 0.3 is 0 Å². The van der Waals surface area contributed by atoms with E-state index in [-0.39, 0.29) is 12.2 Å². The molecule has 0 amide bonds. The zero-order chi connectivity index (χ0) is 14.8. The molecule has 2 N–H and O–H groups in total. The van der Waals surface area contributed by atoms with Gasteiger partial charge in [0.2, 0.25) is 0 Å². The van der Waals surface area contributed by atoms with Gasteiger partial charge < -0.3 is 15.2 Å². The molecule has 3 heteroatoms. The van der Waals surface area contributed by atoms with E-state index in [1.54, 1.807) is 0 Å². The maximum absolute atomic E-state index is 10.1. The normalized spacial score (nSPS) is 25.9. The van der Waals surface area contributed by atoms with Gasteiger partial charge in [0, 0.05) is 12.6 Å². The molecule has 0 aromatic heterocycles. The van der Waals surface area contributed by atoms with E-state index in [1.807, 2.05) is 0 Å². The molecule has 0 heterocycles. The Morgan fingerprint density at radius 2 is 1.76 bits per heavy atom. The summed E-state index contributed by atoms with van der Waals surface area (Å²) in [5.74, 6) is 0.969. The maximum atomic E-state index is 10.1. The van der Waals surface area contributed by atoms with E-state index in [4.69, 9.17) is 4.74 Å². The fraction of sp³-hybridized carbons (Fsp3) is 0.667. The van der Waals surface area contributed by atoms with Crippen molar-refractivity contribution in [2.75, 3.05) is 0 Å². The van der Waals surface area contributed by atoms with Crippen molar-refractivity contribution in [2.45, 2.75) is 77.2 Å². The standard InChI is InChI=1S/C18H27NO2/c1-12-9-14(11-19-15-7-8-15)10-13(2)18(12)21-17-6-4-3-5-16(17)20/h9-10,15-17,19-20H,3-8,11H2,1-2H3. The molecule has 2 saturated carbocycles. The van der Waals surface area contributed by atoms with Crippen LogP contribution in [0.4, 0.5) is 0 Å². The number of rotatable bonds is 5. The molecule has 0 radical (unpaired) electrons. The van der Waals surface area contributed by atoms with Crippen LogP contribution in [0.5, 0.6) is 5.75 Å². The lowest BCUT2D eigenvalue weighted by atomic mass is 9.94. The van der Waals surface area contributed by atoms with Crippen LogP contribution < -0.4 is 10.1 Å². The topological polar surface area (TPSA) is 41.5 Å². The zero-order valence-corrected chi connectivity index (χ0v) is 13.2. The van der Waals surface area contributed by atoms with Gasteiger partial charge in [0.25, 0.3) is 0 Å². The van der Waals surface area contributed by atoms with Crippen LogP contribution in [0.3, 0.4) is 0 Å². The lowest BCUT2D eigenvalue weighted by Gasteiger charge is -2.29.